The summed E-state index contributed by atoms with van der Waals surface area (Å²) < 4.78 is 10.7. The van der Waals surface area contributed by atoms with Crippen LogP contribution in [0.5, 0.6) is 0 Å². The molecule has 0 spiro atoms. The summed E-state index contributed by atoms with van der Waals surface area (Å²) in [6.45, 7) is 3.47. The van der Waals surface area contributed by atoms with Crippen LogP contribution in [0.1, 0.15) is 37.0 Å². The minimum Gasteiger partial charge on any atom is -0.388 e. The van der Waals surface area contributed by atoms with Crippen LogP contribution in [-0.4, -0.2) is 24.6 Å². The normalized spacial score (nSPS) is 18.5. The summed E-state index contributed by atoms with van der Waals surface area (Å²) in [6, 6.07) is 8.14. The van der Waals surface area contributed by atoms with E-state index in [2.05, 4.69) is 19.1 Å². The van der Waals surface area contributed by atoms with Gasteiger partial charge in [-0.3, -0.25) is 0 Å². The summed E-state index contributed by atoms with van der Waals surface area (Å²) in [7, 11) is 0. The molecule has 0 bridgehead atoms. The average Bonchev–Trinajstić information content (AvgIpc) is 2.89. The molecule has 0 saturated carbocycles. The number of rotatable bonds is 5. The Balaban J connectivity index is 1.83. The zero-order valence-electron chi connectivity index (χ0n) is 10.3. The molecule has 1 aromatic rings. The van der Waals surface area contributed by atoms with Crippen LogP contribution in [-0.2, 0) is 15.9 Å². The van der Waals surface area contributed by atoms with Crippen molar-refractivity contribution in [1.29, 1.82) is 0 Å². The third-order valence-electron chi connectivity index (χ3n) is 3.14. The Hall–Kier alpha value is -0.900. The van der Waals surface area contributed by atoms with Crippen LogP contribution in [0.25, 0.3) is 0 Å². The Morgan fingerprint density at radius 2 is 1.88 bits per heavy atom. The Morgan fingerprint density at radius 3 is 2.47 bits per heavy atom. The van der Waals surface area contributed by atoms with E-state index in [1.165, 1.54) is 5.56 Å². The van der Waals surface area contributed by atoms with Gasteiger partial charge in [0.15, 0.2) is 6.29 Å². The molecule has 3 nitrogen and oxygen atoms in total. The maximum absolute atomic E-state index is 10.0. The number of aliphatic hydroxyl groups is 1. The first kappa shape index (κ1) is 12.6. The van der Waals surface area contributed by atoms with Crippen LogP contribution in [0.2, 0.25) is 0 Å². The molecule has 1 aliphatic rings. The highest BCUT2D eigenvalue weighted by Gasteiger charge is 2.17. The first-order valence-electron chi connectivity index (χ1n) is 6.29. The Morgan fingerprint density at radius 1 is 1.24 bits per heavy atom. The largest absolute Gasteiger partial charge is 0.388 e. The molecule has 1 atom stereocenters. The second-order valence-electron chi connectivity index (χ2n) is 4.36. The van der Waals surface area contributed by atoms with Crippen LogP contribution >= 0.6 is 0 Å². The second kappa shape index (κ2) is 6.15. The van der Waals surface area contributed by atoms with Gasteiger partial charge in [-0.25, -0.2) is 0 Å². The van der Waals surface area contributed by atoms with Gasteiger partial charge in [0.2, 0.25) is 0 Å². The smallest absolute Gasteiger partial charge is 0.157 e. The van der Waals surface area contributed by atoms with Crippen molar-refractivity contribution in [2.24, 2.45) is 0 Å². The summed E-state index contributed by atoms with van der Waals surface area (Å²) in [5.74, 6) is 0. The van der Waals surface area contributed by atoms with Crippen molar-refractivity contribution in [3.8, 4) is 0 Å². The summed E-state index contributed by atoms with van der Waals surface area (Å²) in [6.07, 6.45) is 1.90. The highest BCUT2D eigenvalue weighted by Crippen LogP contribution is 2.22. The van der Waals surface area contributed by atoms with Crippen molar-refractivity contribution in [2.45, 2.75) is 38.6 Å². The van der Waals surface area contributed by atoms with E-state index in [0.717, 1.165) is 18.4 Å². The minimum absolute atomic E-state index is 0.125. The molecule has 2 rings (SSSR count). The van der Waals surface area contributed by atoms with Gasteiger partial charge in [0, 0.05) is 6.42 Å². The van der Waals surface area contributed by atoms with E-state index in [1.54, 1.807) is 0 Å². The first-order valence-corrected chi connectivity index (χ1v) is 6.29. The number of hydrogen-bond acceptors (Lipinski definition) is 3. The predicted octanol–water partition coefficient (Wildman–Crippen LogP) is 2.44. The van der Waals surface area contributed by atoms with Crippen molar-refractivity contribution in [2.75, 3.05) is 13.2 Å². The number of benzene rings is 1. The number of aliphatic hydroxyl groups excluding tert-OH is 1. The van der Waals surface area contributed by atoms with Gasteiger partial charge < -0.3 is 14.6 Å². The zero-order chi connectivity index (χ0) is 12.1. The highest BCUT2D eigenvalue weighted by molar-refractivity contribution is 5.24. The molecule has 0 aliphatic carbocycles. The molecule has 3 heteroatoms. The van der Waals surface area contributed by atoms with E-state index in [9.17, 15) is 5.11 Å². The van der Waals surface area contributed by atoms with Gasteiger partial charge in [0.1, 0.15) is 0 Å². The molecule has 1 aliphatic heterocycles. The molecule has 94 valence electrons. The minimum atomic E-state index is -0.422. The fourth-order valence-electron chi connectivity index (χ4n) is 2.01. The molecule has 0 amide bonds. The summed E-state index contributed by atoms with van der Waals surface area (Å²) in [5, 5.41) is 10.0. The lowest BCUT2D eigenvalue weighted by Crippen LogP contribution is -2.09. The van der Waals surface area contributed by atoms with Crippen molar-refractivity contribution in [3.05, 3.63) is 35.4 Å². The van der Waals surface area contributed by atoms with Gasteiger partial charge in [0.05, 0.1) is 19.3 Å². The molecule has 1 fully saturated rings. The number of ether oxygens (including phenoxy) is 2. The molecule has 1 N–H and O–H groups in total. The van der Waals surface area contributed by atoms with Gasteiger partial charge in [-0.1, -0.05) is 31.2 Å². The lowest BCUT2D eigenvalue weighted by Gasteiger charge is -2.14. The number of hydrogen-bond donors (Lipinski definition) is 1. The molecule has 1 aromatic carbocycles. The van der Waals surface area contributed by atoms with Crippen molar-refractivity contribution in [3.63, 3.8) is 0 Å². The zero-order valence-corrected chi connectivity index (χ0v) is 10.3. The van der Waals surface area contributed by atoms with Crippen molar-refractivity contribution in [1.82, 2.24) is 0 Å². The van der Waals surface area contributed by atoms with Crippen molar-refractivity contribution < 1.29 is 14.6 Å². The van der Waals surface area contributed by atoms with Gasteiger partial charge in [-0.2, -0.15) is 0 Å². The second-order valence-corrected chi connectivity index (χ2v) is 4.36. The molecule has 0 radical (unpaired) electrons. The fourth-order valence-corrected chi connectivity index (χ4v) is 2.01. The SMILES string of the molecule is CCc1ccc(C(O)CCC2OCCO2)cc1. The Bertz CT molecular complexity index is 328. The summed E-state index contributed by atoms with van der Waals surface area (Å²) in [5.41, 5.74) is 2.27. The van der Waals surface area contributed by atoms with Crippen LogP contribution in [0, 0.1) is 0 Å². The standard InChI is InChI=1S/C14H20O3/c1-2-11-3-5-12(6-4-11)13(15)7-8-14-16-9-10-17-14/h3-6,13-15H,2,7-10H2,1H3. The molecule has 0 aromatic heterocycles. The number of aryl methyl sites for hydroxylation is 1. The molecule has 1 heterocycles. The Kier molecular flexibility index (Phi) is 4.54. The van der Waals surface area contributed by atoms with E-state index in [-0.39, 0.29) is 6.29 Å². The van der Waals surface area contributed by atoms with E-state index in [0.29, 0.717) is 19.6 Å². The average molecular weight is 236 g/mol. The fraction of sp³-hybridized carbons (Fsp3) is 0.571. The monoisotopic (exact) mass is 236 g/mol. The van der Waals surface area contributed by atoms with Crippen molar-refractivity contribution >= 4 is 0 Å². The third kappa shape index (κ3) is 3.53. The molecular weight excluding hydrogens is 216 g/mol. The maximum atomic E-state index is 10.0. The summed E-state index contributed by atoms with van der Waals surface area (Å²) >= 11 is 0. The lowest BCUT2D eigenvalue weighted by atomic mass is 10.0. The van der Waals surface area contributed by atoms with E-state index in [4.69, 9.17) is 9.47 Å². The first-order chi connectivity index (χ1) is 8.29. The molecule has 1 saturated heterocycles. The molecule has 17 heavy (non-hydrogen) atoms. The maximum Gasteiger partial charge on any atom is 0.157 e. The predicted molar refractivity (Wildman–Crippen MR) is 65.7 cm³/mol. The van der Waals surface area contributed by atoms with Crippen LogP contribution in [0.4, 0.5) is 0 Å². The van der Waals surface area contributed by atoms with Gasteiger partial charge in [-0.15, -0.1) is 0 Å². The van der Waals surface area contributed by atoms with E-state index >= 15 is 0 Å². The van der Waals surface area contributed by atoms with Crippen LogP contribution in [0.3, 0.4) is 0 Å². The van der Waals surface area contributed by atoms with Crippen LogP contribution < -0.4 is 0 Å². The van der Waals surface area contributed by atoms with Crippen LogP contribution in [0.15, 0.2) is 24.3 Å². The quantitative estimate of drug-likeness (QED) is 0.853. The van der Waals surface area contributed by atoms with E-state index < -0.39 is 6.10 Å². The topological polar surface area (TPSA) is 38.7 Å². The van der Waals surface area contributed by atoms with E-state index in [1.807, 2.05) is 12.1 Å². The third-order valence-corrected chi connectivity index (χ3v) is 3.14. The lowest BCUT2D eigenvalue weighted by molar-refractivity contribution is -0.0542. The Labute approximate surface area is 102 Å². The highest BCUT2D eigenvalue weighted by atomic mass is 16.7. The summed E-state index contributed by atoms with van der Waals surface area (Å²) in [4.78, 5) is 0. The van der Waals surface area contributed by atoms with Gasteiger partial charge in [0.25, 0.3) is 0 Å². The van der Waals surface area contributed by atoms with Gasteiger partial charge >= 0.3 is 0 Å². The molecule has 1 unspecified atom stereocenters. The molecular formula is C14H20O3. The van der Waals surface area contributed by atoms with Gasteiger partial charge in [-0.05, 0) is 24.0 Å².